The van der Waals surface area contributed by atoms with E-state index in [1.165, 1.54) is 12.8 Å². The van der Waals surface area contributed by atoms with Crippen LogP contribution in [0.3, 0.4) is 0 Å². The molecule has 1 rings (SSSR count). The van der Waals surface area contributed by atoms with E-state index in [0.717, 1.165) is 16.5 Å². The highest BCUT2D eigenvalue weighted by molar-refractivity contribution is 7.99. The molecule has 13 heavy (non-hydrogen) atoms. The van der Waals surface area contributed by atoms with Crippen LogP contribution in [0, 0.1) is 6.92 Å². The number of thioether (sulfide) groups is 1. The molecule has 0 amide bonds. The summed E-state index contributed by atoms with van der Waals surface area (Å²) in [5.74, 6) is 2.03. The first kappa shape index (κ1) is 12.6. The zero-order valence-electron chi connectivity index (χ0n) is 8.96. The van der Waals surface area contributed by atoms with Gasteiger partial charge in [0.15, 0.2) is 0 Å². The normalized spacial score (nSPS) is 9.23. The van der Waals surface area contributed by atoms with Crippen LogP contribution in [0.15, 0.2) is 15.6 Å². The Balaban J connectivity index is 0.000000671. The van der Waals surface area contributed by atoms with Gasteiger partial charge in [0.1, 0.15) is 10.8 Å². The molecule has 3 heteroatoms. The third kappa shape index (κ3) is 5.75. The fourth-order valence-corrected chi connectivity index (χ4v) is 1.71. The standard InChI is InChI=1S/C8H13NOS.C2H6/c1-3-4-5-11-8-6-7(2)10-9-8;1-2/h6H,3-5H2,1-2H3;1-2H3. The topological polar surface area (TPSA) is 26.0 Å². The summed E-state index contributed by atoms with van der Waals surface area (Å²) in [5, 5.41) is 4.89. The highest BCUT2D eigenvalue weighted by atomic mass is 32.2. The lowest BCUT2D eigenvalue weighted by Crippen LogP contribution is -1.76. The molecule has 0 aliphatic rings. The molecule has 0 aliphatic carbocycles. The molecule has 2 nitrogen and oxygen atoms in total. The molecular weight excluding hydrogens is 182 g/mol. The first-order valence-corrected chi connectivity index (χ1v) is 5.87. The molecule has 0 saturated carbocycles. The van der Waals surface area contributed by atoms with Gasteiger partial charge in [0.2, 0.25) is 0 Å². The van der Waals surface area contributed by atoms with E-state index < -0.39 is 0 Å². The van der Waals surface area contributed by atoms with Crippen LogP contribution in [0.25, 0.3) is 0 Å². The van der Waals surface area contributed by atoms with Crippen molar-refractivity contribution in [3.05, 3.63) is 11.8 Å². The molecule has 0 N–H and O–H groups in total. The van der Waals surface area contributed by atoms with E-state index in [1.54, 1.807) is 11.8 Å². The first-order valence-electron chi connectivity index (χ1n) is 4.89. The summed E-state index contributed by atoms with van der Waals surface area (Å²) < 4.78 is 4.92. The Hall–Kier alpha value is -0.440. The van der Waals surface area contributed by atoms with Gasteiger partial charge in [-0.3, -0.25) is 0 Å². The van der Waals surface area contributed by atoms with E-state index >= 15 is 0 Å². The second-order valence-corrected chi connectivity index (χ2v) is 3.59. The van der Waals surface area contributed by atoms with Crippen LogP contribution in [0.5, 0.6) is 0 Å². The van der Waals surface area contributed by atoms with Crippen LogP contribution in [-0.4, -0.2) is 10.9 Å². The van der Waals surface area contributed by atoms with Crippen molar-refractivity contribution in [1.82, 2.24) is 5.16 Å². The predicted molar refractivity (Wildman–Crippen MR) is 58.2 cm³/mol. The van der Waals surface area contributed by atoms with Crippen LogP contribution in [0.4, 0.5) is 0 Å². The zero-order chi connectivity index (χ0) is 10.1. The lowest BCUT2D eigenvalue weighted by atomic mass is 10.4. The Morgan fingerprint density at radius 1 is 1.46 bits per heavy atom. The average molecular weight is 201 g/mol. The van der Waals surface area contributed by atoms with Gasteiger partial charge in [0.05, 0.1) is 0 Å². The second kappa shape index (κ2) is 8.17. The van der Waals surface area contributed by atoms with Gasteiger partial charge in [0.25, 0.3) is 0 Å². The minimum atomic E-state index is 0.893. The highest BCUT2D eigenvalue weighted by Gasteiger charge is 1.98. The third-order valence-electron chi connectivity index (χ3n) is 1.35. The lowest BCUT2D eigenvalue weighted by Gasteiger charge is -1.91. The molecule has 0 aliphatic heterocycles. The van der Waals surface area contributed by atoms with Crippen molar-refractivity contribution in [3.63, 3.8) is 0 Å². The van der Waals surface area contributed by atoms with Crippen LogP contribution >= 0.6 is 11.8 Å². The maximum Gasteiger partial charge on any atom is 0.140 e. The summed E-state index contributed by atoms with van der Waals surface area (Å²) in [6, 6.07) is 1.97. The van der Waals surface area contributed by atoms with Crippen LogP contribution in [0.1, 0.15) is 39.4 Å². The van der Waals surface area contributed by atoms with E-state index in [1.807, 2.05) is 26.8 Å². The van der Waals surface area contributed by atoms with Crippen molar-refractivity contribution in [2.75, 3.05) is 5.75 Å². The van der Waals surface area contributed by atoms with Crippen molar-refractivity contribution in [3.8, 4) is 0 Å². The number of nitrogens with zero attached hydrogens (tertiary/aromatic N) is 1. The van der Waals surface area contributed by atoms with Crippen molar-refractivity contribution < 1.29 is 4.52 Å². The van der Waals surface area contributed by atoms with E-state index in [4.69, 9.17) is 4.52 Å². The molecule has 1 aromatic rings. The molecule has 0 radical (unpaired) electrons. The van der Waals surface area contributed by atoms with Gasteiger partial charge in [0, 0.05) is 6.07 Å². The summed E-state index contributed by atoms with van der Waals surface area (Å²) in [4.78, 5) is 0. The Morgan fingerprint density at radius 3 is 2.62 bits per heavy atom. The van der Waals surface area contributed by atoms with Crippen LogP contribution < -0.4 is 0 Å². The minimum absolute atomic E-state index is 0.893. The smallest absolute Gasteiger partial charge is 0.140 e. The van der Waals surface area contributed by atoms with Gasteiger partial charge in [-0.15, -0.1) is 11.8 Å². The molecular formula is C10H19NOS. The van der Waals surface area contributed by atoms with E-state index in [9.17, 15) is 0 Å². The van der Waals surface area contributed by atoms with E-state index in [2.05, 4.69) is 12.1 Å². The maximum atomic E-state index is 4.92. The number of hydrogen-bond acceptors (Lipinski definition) is 3. The van der Waals surface area contributed by atoms with Crippen LogP contribution in [-0.2, 0) is 0 Å². The van der Waals surface area contributed by atoms with Crippen LogP contribution in [0.2, 0.25) is 0 Å². The molecule has 0 unspecified atom stereocenters. The lowest BCUT2D eigenvalue weighted by molar-refractivity contribution is 0.383. The fourth-order valence-electron chi connectivity index (χ4n) is 0.733. The average Bonchev–Trinajstić information content (AvgIpc) is 2.56. The van der Waals surface area contributed by atoms with Gasteiger partial charge in [-0.2, -0.15) is 0 Å². The van der Waals surface area contributed by atoms with Gasteiger partial charge in [-0.1, -0.05) is 32.3 Å². The van der Waals surface area contributed by atoms with Gasteiger partial charge in [-0.25, -0.2) is 0 Å². The van der Waals surface area contributed by atoms with E-state index in [0.29, 0.717) is 0 Å². The Labute approximate surface area is 85.1 Å². The van der Waals surface area contributed by atoms with E-state index in [-0.39, 0.29) is 0 Å². The Bertz CT molecular complexity index is 210. The quantitative estimate of drug-likeness (QED) is 0.546. The molecule has 1 heterocycles. The zero-order valence-corrected chi connectivity index (χ0v) is 9.78. The highest BCUT2D eigenvalue weighted by Crippen LogP contribution is 2.18. The van der Waals surface area contributed by atoms with Gasteiger partial charge in [-0.05, 0) is 19.1 Å². The monoisotopic (exact) mass is 201 g/mol. The van der Waals surface area contributed by atoms with Crippen molar-refractivity contribution in [2.24, 2.45) is 0 Å². The summed E-state index contributed by atoms with van der Waals surface area (Å²) in [6.45, 7) is 8.10. The molecule has 0 aromatic carbocycles. The SMILES string of the molecule is CC.CCCCSc1cc(C)on1. The maximum absolute atomic E-state index is 4.92. The van der Waals surface area contributed by atoms with Crippen molar-refractivity contribution >= 4 is 11.8 Å². The molecule has 0 saturated heterocycles. The molecule has 76 valence electrons. The van der Waals surface area contributed by atoms with Crippen molar-refractivity contribution in [2.45, 2.75) is 45.6 Å². The first-order chi connectivity index (χ1) is 6.33. The number of unbranched alkanes of at least 4 members (excludes halogenated alkanes) is 1. The molecule has 1 aromatic heterocycles. The van der Waals surface area contributed by atoms with Gasteiger partial charge >= 0.3 is 0 Å². The van der Waals surface area contributed by atoms with Crippen molar-refractivity contribution in [1.29, 1.82) is 0 Å². The number of aryl methyl sites for hydroxylation is 1. The molecule has 0 atom stereocenters. The number of aromatic nitrogens is 1. The van der Waals surface area contributed by atoms with Gasteiger partial charge < -0.3 is 4.52 Å². The Kier molecular flexibility index (Phi) is 7.90. The summed E-state index contributed by atoms with van der Waals surface area (Å²) >= 11 is 1.76. The fraction of sp³-hybridized carbons (Fsp3) is 0.700. The summed E-state index contributed by atoms with van der Waals surface area (Å²) in [6.07, 6.45) is 2.49. The molecule has 0 fully saturated rings. The number of rotatable bonds is 4. The summed E-state index contributed by atoms with van der Waals surface area (Å²) in [5.41, 5.74) is 0. The number of hydrogen-bond donors (Lipinski definition) is 0. The Morgan fingerprint density at radius 2 is 2.15 bits per heavy atom. The second-order valence-electron chi connectivity index (χ2n) is 2.48. The molecule has 0 spiro atoms. The largest absolute Gasteiger partial charge is 0.361 e. The molecule has 0 bridgehead atoms. The summed E-state index contributed by atoms with van der Waals surface area (Å²) in [7, 11) is 0. The third-order valence-corrected chi connectivity index (χ3v) is 2.34. The predicted octanol–water partition coefficient (Wildman–Crippen LogP) is 3.90. The minimum Gasteiger partial charge on any atom is -0.361 e.